The number of amides is 1. The third-order valence-corrected chi connectivity index (χ3v) is 7.43. The first kappa shape index (κ1) is 26.9. The molecule has 2 fully saturated rings. The lowest BCUT2D eigenvalue weighted by Gasteiger charge is -2.40. The molecule has 2 aliphatic heterocycles. The quantitative estimate of drug-likeness (QED) is 0.540. The van der Waals surface area contributed by atoms with Gasteiger partial charge in [-0.2, -0.15) is 13.2 Å². The van der Waals surface area contributed by atoms with Crippen molar-refractivity contribution in [3.05, 3.63) is 65.5 Å². The first-order valence-corrected chi connectivity index (χ1v) is 12.5. The number of benzene rings is 2. The van der Waals surface area contributed by atoms with Gasteiger partial charge in [0.25, 0.3) is 5.91 Å². The molecule has 0 aromatic heterocycles. The van der Waals surface area contributed by atoms with E-state index in [-0.39, 0.29) is 24.2 Å². The van der Waals surface area contributed by atoms with Gasteiger partial charge in [-0.15, -0.1) is 0 Å². The van der Waals surface area contributed by atoms with Gasteiger partial charge in [-0.1, -0.05) is 6.07 Å². The Hall–Kier alpha value is -3.14. The van der Waals surface area contributed by atoms with Gasteiger partial charge < -0.3 is 14.9 Å². The lowest BCUT2D eigenvalue weighted by molar-refractivity contribution is -0.139. The van der Waals surface area contributed by atoms with Crippen molar-refractivity contribution in [3.63, 3.8) is 0 Å². The Morgan fingerprint density at radius 2 is 1.65 bits per heavy atom. The van der Waals surface area contributed by atoms with Gasteiger partial charge in [-0.05, 0) is 73.7 Å². The number of hydrogen-bond donors (Lipinski definition) is 1. The fourth-order valence-corrected chi connectivity index (χ4v) is 5.32. The Balaban J connectivity index is 1.33. The molecule has 0 spiro atoms. The van der Waals surface area contributed by atoms with E-state index in [1.165, 1.54) is 36.4 Å². The van der Waals surface area contributed by atoms with Crippen LogP contribution in [-0.4, -0.2) is 72.6 Å². The van der Waals surface area contributed by atoms with E-state index in [0.29, 0.717) is 63.4 Å². The summed E-state index contributed by atoms with van der Waals surface area (Å²) in [6, 6.07) is 10.8. The molecule has 4 rings (SSSR count). The molecule has 37 heavy (non-hydrogen) atoms. The number of carboxylic acid groups (broad SMARTS) is 1. The van der Waals surface area contributed by atoms with Crippen LogP contribution >= 0.6 is 0 Å². The largest absolute Gasteiger partial charge is 0.481 e. The lowest BCUT2D eigenvalue weighted by atomic mass is 9.81. The fourth-order valence-electron chi connectivity index (χ4n) is 5.32. The molecule has 2 atom stereocenters. The minimum Gasteiger partial charge on any atom is -0.481 e. The van der Waals surface area contributed by atoms with Crippen LogP contribution in [0.15, 0.2) is 48.5 Å². The highest BCUT2D eigenvalue weighted by atomic mass is 19.4. The van der Waals surface area contributed by atoms with Crippen LogP contribution in [0, 0.1) is 17.7 Å². The zero-order chi connectivity index (χ0) is 26.6. The van der Waals surface area contributed by atoms with Gasteiger partial charge in [-0.3, -0.25) is 14.5 Å². The van der Waals surface area contributed by atoms with E-state index in [1.54, 1.807) is 11.0 Å². The number of carbonyl (C=O) groups excluding carboxylic acids is 1. The van der Waals surface area contributed by atoms with Crippen molar-refractivity contribution in [2.75, 3.05) is 50.7 Å². The number of nitrogens with zero attached hydrogens (tertiary/aromatic N) is 3. The standard InChI is InChI=1S/C27H31F4N3O3/c28-23-6-4-19(5-7-23)26(37)34-11-9-20(16-25(35)36)21(18-34)8-10-32-12-14-33(15-13-32)24-3-1-2-22(17-24)27(29,30)31/h1-7,17,20-21H,8-16,18H2,(H,35,36)/t20-,21+/m0/s1. The third-order valence-electron chi connectivity index (χ3n) is 7.43. The maximum absolute atomic E-state index is 13.3. The van der Waals surface area contributed by atoms with E-state index >= 15 is 0 Å². The summed E-state index contributed by atoms with van der Waals surface area (Å²) in [6.07, 6.45) is -3.02. The SMILES string of the molecule is O=C(O)C[C@@H]1CCN(C(=O)c2ccc(F)cc2)C[C@H]1CCN1CCN(c2cccc(C(F)(F)F)c2)CC1. The molecule has 0 unspecified atom stereocenters. The van der Waals surface area contributed by atoms with Crippen LogP contribution in [0.5, 0.6) is 0 Å². The molecule has 10 heteroatoms. The van der Waals surface area contributed by atoms with Crippen LogP contribution in [0.1, 0.15) is 35.2 Å². The molecule has 2 aromatic carbocycles. The van der Waals surface area contributed by atoms with Gasteiger partial charge in [0.15, 0.2) is 0 Å². The molecule has 0 aliphatic carbocycles. The first-order chi connectivity index (χ1) is 17.6. The summed E-state index contributed by atoms with van der Waals surface area (Å²) in [5.74, 6) is -1.49. The number of carboxylic acids is 1. The van der Waals surface area contributed by atoms with E-state index in [2.05, 4.69) is 4.90 Å². The molecular weight excluding hydrogens is 490 g/mol. The van der Waals surface area contributed by atoms with Crippen molar-refractivity contribution >= 4 is 17.6 Å². The van der Waals surface area contributed by atoms with Crippen molar-refractivity contribution in [3.8, 4) is 0 Å². The number of anilines is 1. The summed E-state index contributed by atoms with van der Waals surface area (Å²) in [4.78, 5) is 30.3. The smallest absolute Gasteiger partial charge is 0.416 e. The average Bonchev–Trinajstić information content (AvgIpc) is 2.88. The summed E-state index contributed by atoms with van der Waals surface area (Å²) in [5, 5.41) is 9.38. The van der Waals surface area contributed by atoms with Gasteiger partial charge in [0.2, 0.25) is 0 Å². The third kappa shape index (κ3) is 7.00. The average molecular weight is 522 g/mol. The first-order valence-electron chi connectivity index (χ1n) is 12.5. The molecule has 2 saturated heterocycles. The number of likely N-dealkylation sites (tertiary alicyclic amines) is 1. The predicted octanol–water partition coefficient (Wildman–Crippen LogP) is 4.61. The molecule has 200 valence electrons. The van der Waals surface area contributed by atoms with Crippen molar-refractivity contribution in [2.24, 2.45) is 11.8 Å². The lowest BCUT2D eigenvalue weighted by Crippen LogP contribution is -2.48. The topological polar surface area (TPSA) is 64.1 Å². The second kappa shape index (κ2) is 11.5. The number of aliphatic carboxylic acids is 1. The molecule has 1 N–H and O–H groups in total. The molecule has 2 aromatic rings. The number of piperazine rings is 1. The monoisotopic (exact) mass is 521 g/mol. The maximum atomic E-state index is 13.3. The van der Waals surface area contributed by atoms with Crippen molar-refractivity contribution < 1.29 is 32.3 Å². The summed E-state index contributed by atoms with van der Waals surface area (Å²) in [6.45, 7) is 4.18. The highest BCUT2D eigenvalue weighted by Gasteiger charge is 2.34. The Kier molecular flexibility index (Phi) is 8.36. The Morgan fingerprint density at radius 1 is 0.946 bits per heavy atom. The minimum absolute atomic E-state index is 0.00995. The Bertz CT molecular complexity index is 1090. The Morgan fingerprint density at radius 3 is 2.30 bits per heavy atom. The summed E-state index contributed by atoms with van der Waals surface area (Å²) >= 11 is 0. The van der Waals surface area contributed by atoms with E-state index in [4.69, 9.17) is 0 Å². The summed E-state index contributed by atoms with van der Waals surface area (Å²) < 4.78 is 52.5. The number of rotatable bonds is 7. The van der Waals surface area contributed by atoms with Crippen LogP contribution in [0.3, 0.4) is 0 Å². The summed E-state index contributed by atoms with van der Waals surface area (Å²) in [5.41, 5.74) is 0.301. The van der Waals surface area contributed by atoms with Gasteiger partial charge in [-0.25, -0.2) is 4.39 Å². The molecular formula is C27H31F4N3O3. The molecule has 1 amide bonds. The second-order valence-corrected chi connectivity index (χ2v) is 9.83. The summed E-state index contributed by atoms with van der Waals surface area (Å²) in [7, 11) is 0. The van der Waals surface area contributed by atoms with Gasteiger partial charge in [0.05, 0.1) is 5.56 Å². The molecule has 6 nitrogen and oxygen atoms in total. The number of hydrogen-bond acceptors (Lipinski definition) is 4. The zero-order valence-corrected chi connectivity index (χ0v) is 20.5. The van der Waals surface area contributed by atoms with E-state index < -0.39 is 23.5 Å². The molecule has 2 heterocycles. The van der Waals surface area contributed by atoms with Crippen LogP contribution in [-0.2, 0) is 11.0 Å². The molecule has 0 radical (unpaired) electrons. The minimum atomic E-state index is -4.38. The van der Waals surface area contributed by atoms with Crippen LogP contribution in [0.4, 0.5) is 23.2 Å². The van der Waals surface area contributed by atoms with E-state index in [0.717, 1.165) is 12.6 Å². The maximum Gasteiger partial charge on any atom is 0.416 e. The number of piperidine rings is 1. The normalized spacial score (nSPS) is 21.2. The van der Waals surface area contributed by atoms with E-state index in [1.807, 2.05) is 4.90 Å². The number of alkyl halides is 3. The Labute approximate surface area is 213 Å². The molecule has 0 bridgehead atoms. The van der Waals surface area contributed by atoms with Gasteiger partial charge in [0, 0.05) is 56.9 Å². The zero-order valence-electron chi connectivity index (χ0n) is 20.5. The number of carbonyl (C=O) groups is 2. The van der Waals surface area contributed by atoms with Gasteiger partial charge in [0.1, 0.15) is 5.82 Å². The molecule has 2 aliphatic rings. The fraction of sp³-hybridized carbons (Fsp3) is 0.481. The highest BCUT2D eigenvalue weighted by Crippen LogP contribution is 2.33. The van der Waals surface area contributed by atoms with Crippen LogP contribution < -0.4 is 4.90 Å². The van der Waals surface area contributed by atoms with Crippen LogP contribution in [0.25, 0.3) is 0 Å². The van der Waals surface area contributed by atoms with Crippen LogP contribution in [0.2, 0.25) is 0 Å². The van der Waals surface area contributed by atoms with E-state index in [9.17, 15) is 32.3 Å². The number of halogens is 4. The van der Waals surface area contributed by atoms with Crippen molar-refractivity contribution in [1.82, 2.24) is 9.80 Å². The molecule has 0 saturated carbocycles. The van der Waals surface area contributed by atoms with Crippen molar-refractivity contribution in [2.45, 2.75) is 25.4 Å². The van der Waals surface area contributed by atoms with Gasteiger partial charge >= 0.3 is 12.1 Å². The van der Waals surface area contributed by atoms with Crippen molar-refractivity contribution in [1.29, 1.82) is 0 Å². The highest BCUT2D eigenvalue weighted by molar-refractivity contribution is 5.94. The predicted molar refractivity (Wildman–Crippen MR) is 131 cm³/mol. The second-order valence-electron chi connectivity index (χ2n) is 9.83.